The molecule has 0 fully saturated rings. The molecule has 2 amide bonds. The van der Waals surface area contributed by atoms with Gasteiger partial charge in [0.05, 0.1) is 18.9 Å². The first-order valence-corrected chi connectivity index (χ1v) is 10.8. The Labute approximate surface area is 197 Å². The zero-order valence-electron chi connectivity index (χ0n) is 19.3. The molecule has 0 saturated carbocycles. The van der Waals surface area contributed by atoms with E-state index in [-0.39, 0.29) is 19.1 Å². The summed E-state index contributed by atoms with van der Waals surface area (Å²) >= 11 is 0. The second-order valence-electron chi connectivity index (χ2n) is 8.71. The van der Waals surface area contributed by atoms with Crippen LogP contribution in [0.25, 0.3) is 11.1 Å². The van der Waals surface area contributed by atoms with Gasteiger partial charge in [-0.15, -0.1) is 0 Å². The zero-order valence-corrected chi connectivity index (χ0v) is 19.3. The van der Waals surface area contributed by atoms with Crippen LogP contribution in [0.3, 0.4) is 0 Å². The molecule has 3 rings (SSSR count). The number of carboxylic acids is 1. The van der Waals surface area contributed by atoms with E-state index in [0.717, 1.165) is 29.4 Å². The molecule has 9 nitrogen and oxygen atoms in total. The Morgan fingerprint density at radius 2 is 1.56 bits per heavy atom. The molecule has 180 valence electrons. The molecule has 0 aromatic heterocycles. The maximum atomic E-state index is 12.6. The second kappa shape index (κ2) is 10.4. The summed E-state index contributed by atoms with van der Waals surface area (Å²) in [6.45, 7) is 3.12. The van der Waals surface area contributed by atoms with Gasteiger partial charge in [0, 0.05) is 12.5 Å². The van der Waals surface area contributed by atoms with Crippen molar-refractivity contribution in [1.82, 2.24) is 10.6 Å². The van der Waals surface area contributed by atoms with Crippen LogP contribution in [-0.4, -0.2) is 55.3 Å². The van der Waals surface area contributed by atoms with Gasteiger partial charge < -0.3 is 25.2 Å². The predicted octanol–water partition coefficient (Wildman–Crippen LogP) is 2.68. The summed E-state index contributed by atoms with van der Waals surface area (Å²) in [5.74, 6) is -2.85. The van der Waals surface area contributed by atoms with Crippen molar-refractivity contribution < 1.29 is 33.8 Å². The number of aliphatic carboxylic acids is 1. The molecule has 1 aliphatic rings. The molecule has 0 aliphatic heterocycles. The summed E-state index contributed by atoms with van der Waals surface area (Å²) in [5.41, 5.74) is 3.24. The van der Waals surface area contributed by atoms with Crippen LogP contribution in [0.5, 0.6) is 0 Å². The van der Waals surface area contributed by atoms with Crippen molar-refractivity contribution in [3.05, 3.63) is 59.7 Å². The first-order valence-electron chi connectivity index (χ1n) is 10.8. The second-order valence-corrected chi connectivity index (χ2v) is 8.71. The number of esters is 1. The number of fused-ring (bicyclic) bond motifs is 3. The van der Waals surface area contributed by atoms with E-state index in [0.29, 0.717) is 0 Å². The first kappa shape index (κ1) is 24.8. The van der Waals surface area contributed by atoms with Gasteiger partial charge in [-0.25, -0.2) is 9.59 Å². The first-order chi connectivity index (χ1) is 16.1. The molecule has 2 aromatic carbocycles. The number of rotatable bonds is 9. The van der Waals surface area contributed by atoms with E-state index in [1.165, 1.54) is 0 Å². The van der Waals surface area contributed by atoms with Crippen molar-refractivity contribution in [2.45, 2.75) is 32.2 Å². The summed E-state index contributed by atoms with van der Waals surface area (Å²) in [7, 11) is 1.13. The molecule has 2 aromatic rings. The van der Waals surface area contributed by atoms with Crippen molar-refractivity contribution >= 4 is 23.9 Å². The van der Waals surface area contributed by atoms with Crippen molar-refractivity contribution in [3.63, 3.8) is 0 Å². The number of nitrogens with one attached hydrogen (secondary N) is 2. The fourth-order valence-corrected chi connectivity index (χ4v) is 3.83. The highest BCUT2D eigenvalue weighted by Crippen LogP contribution is 2.44. The van der Waals surface area contributed by atoms with Gasteiger partial charge >= 0.3 is 18.0 Å². The van der Waals surface area contributed by atoms with Gasteiger partial charge in [-0.2, -0.15) is 0 Å². The minimum atomic E-state index is -1.44. The maximum Gasteiger partial charge on any atom is 0.407 e. The Morgan fingerprint density at radius 1 is 1.00 bits per heavy atom. The molecule has 34 heavy (non-hydrogen) atoms. The molecule has 1 atom stereocenters. The van der Waals surface area contributed by atoms with Crippen molar-refractivity contribution in [2.24, 2.45) is 5.41 Å². The maximum absolute atomic E-state index is 12.6. The summed E-state index contributed by atoms with van der Waals surface area (Å²) < 4.78 is 9.93. The van der Waals surface area contributed by atoms with E-state index in [1.807, 2.05) is 48.5 Å². The molecule has 1 aliphatic carbocycles. The lowest BCUT2D eigenvalue weighted by molar-refractivity contribution is -0.149. The summed E-state index contributed by atoms with van der Waals surface area (Å²) in [5, 5.41) is 14.1. The monoisotopic (exact) mass is 468 g/mol. The lowest BCUT2D eigenvalue weighted by Crippen LogP contribution is -2.51. The number of benzene rings is 2. The number of alkyl carbamates (subject to hydrolysis) is 1. The highest BCUT2D eigenvalue weighted by molar-refractivity contribution is 5.89. The molecule has 0 spiro atoms. The predicted molar refractivity (Wildman–Crippen MR) is 123 cm³/mol. The third-order valence-electron chi connectivity index (χ3n) is 5.83. The quantitative estimate of drug-likeness (QED) is 0.482. The standard InChI is InChI=1S/C25H28N2O7/c1-25(2,23(31)27-20(22(29)30)12-21(28)33-3)14-26-24(32)34-13-19-17-10-6-4-8-15(17)16-9-5-7-11-18(16)19/h4-11,19-20H,12-14H2,1-3H3,(H,26,32)(H,27,31)(H,29,30)/t20-/m0/s1. The SMILES string of the molecule is COC(=O)C[C@H](NC(=O)C(C)(C)CNC(=O)OCC1c2ccccc2-c2ccccc21)C(=O)O. The summed E-state index contributed by atoms with van der Waals surface area (Å²) in [6, 6.07) is 14.5. The average molecular weight is 469 g/mol. The Kier molecular flexibility index (Phi) is 7.55. The lowest BCUT2D eigenvalue weighted by atomic mass is 9.91. The van der Waals surface area contributed by atoms with Crippen molar-refractivity contribution in [3.8, 4) is 11.1 Å². The van der Waals surface area contributed by atoms with Crippen LogP contribution in [0.2, 0.25) is 0 Å². The highest BCUT2D eigenvalue weighted by atomic mass is 16.5. The highest BCUT2D eigenvalue weighted by Gasteiger charge is 2.34. The minimum absolute atomic E-state index is 0.0934. The number of carbonyl (C=O) groups is 4. The molecule has 0 radical (unpaired) electrons. The molecular weight excluding hydrogens is 440 g/mol. The van der Waals surface area contributed by atoms with Gasteiger partial charge in [0.1, 0.15) is 12.6 Å². The number of ether oxygens (including phenoxy) is 2. The molecule has 0 bridgehead atoms. The molecule has 0 heterocycles. The molecule has 0 saturated heterocycles. The van der Waals surface area contributed by atoms with Gasteiger partial charge in [0.15, 0.2) is 0 Å². The Bertz CT molecular complexity index is 1050. The summed E-state index contributed by atoms with van der Waals surface area (Å²) in [4.78, 5) is 47.7. The van der Waals surface area contributed by atoms with Gasteiger partial charge in [-0.3, -0.25) is 9.59 Å². The molecule has 3 N–H and O–H groups in total. The number of methoxy groups -OCH3 is 1. The number of hydrogen-bond donors (Lipinski definition) is 3. The van der Waals surface area contributed by atoms with E-state index in [2.05, 4.69) is 15.4 Å². The zero-order chi connectivity index (χ0) is 24.9. The number of amides is 2. The van der Waals surface area contributed by atoms with E-state index in [4.69, 9.17) is 4.74 Å². The number of carboxylic acid groups (broad SMARTS) is 1. The molecule has 9 heteroatoms. The fourth-order valence-electron chi connectivity index (χ4n) is 3.83. The van der Waals surface area contributed by atoms with E-state index >= 15 is 0 Å². The van der Waals surface area contributed by atoms with Crippen LogP contribution < -0.4 is 10.6 Å². The average Bonchev–Trinajstić information content (AvgIpc) is 3.14. The van der Waals surface area contributed by atoms with E-state index in [1.54, 1.807) is 13.8 Å². The van der Waals surface area contributed by atoms with Crippen LogP contribution in [0.4, 0.5) is 4.79 Å². The van der Waals surface area contributed by atoms with Gasteiger partial charge in [0.2, 0.25) is 5.91 Å². The van der Waals surface area contributed by atoms with Crippen LogP contribution in [0, 0.1) is 5.41 Å². The Hall–Kier alpha value is -3.88. The largest absolute Gasteiger partial charge is 0.480 e. The Morgan fingerprint density at radius 3 is 2.09 bits per heavy atom. The van der Waals surface area contributed by atoms with Crippen LogP contribution >= 0.6 is 0 Å². The minimum Gasteiger partial charge on any atom is -0.480 e. The third-order valence-corrected chi connectivity index (χ3v) is 5.83. The van der Waals surface area contributed by atoms with E-state index < -0.39 is 41.8 Å². The van der Waals surface area contributed by atoms with Crippen LogP contribution in [0.15, 0.2) is 48.5 Å². The van der Waals surface area contributed by atoms with Crippen LogP contribution in [-0.2, 0) is 23.9 Å². The van der Waals surface area contributed by atoms with Gasteiger partial charge in [-0.1, -0.05) is 48.5 Å². The summed E-state index contributed by atoms with van der Waals surface area (Å²) in [6.07, 6.45) is -1.19. The molecular formula is C25H28N2O7. The smallest absolute Gasteiger partial charge is 0.407 e. The van der Waals surface area contributed by atoms with Gasteiger partial charge in [0.25, 0.3) is 0 Å². The normalized spacial score (nSPS) is 13.3. The topological polar surface area (TPSA) is 131 Å². The fraction of sp³-hybridized carbons (Fsp3) is 0.360. The van der Waals surface area contributed by atoms with Crippen molar-refractivity contribution in [2.75, 3.05) is 20.3 Å². The number of carbonyl (C=O) groups excluding carboxylic acids is 3. The third kappa shape index (κ3) is 5.54. The van der Waals surface area contributed by atoms with E-state index in [9.17, 15) is 24.3 Å². The van der Waals surface area contributed by atoms with Crippen LogP contribution in [0.1, 0.15) is 37.3 Å². The van der Waals surface area contributed by atoms with Crippen molar-refractivity contribution in [1.29, 1.82) is 0 Å². The molecule has 0 unspecified atom stereocenters. The Balaban J connectivity index is 1.56. The van der Waals surface area contributed by atoms with Gasteiger partial charge in [-0.05, 0) is 36.1 Å². The number of hydrogen-bond acceptors (Lipinski definition) is 6. The lowest BCUT2D eigenvalue weighted by Gasteiger charge is -2.26.